The quantitative estimate of drug-likeness (QED) is 0.666. The number of hydrogen-bond acceptors (Lipinski definition) is 2. The SMILES string of the molecule is O=C(C#Cc1ccccc1)/C=C/Nc1ccccc1. The van der Waals surface area contributed by atoms with E-state index >= 15 is 0 Å². The lowest BCUT2D eigenvalue weighted by Gasteiger charge is -1.97. The lowest BCUT2D eigenvalue weighted by molar-refractivity contribution is -0.109. The molecule has 0 saturated heterocycles. The highest BCUT2D eigenvalue weighted by Gasteiger charge is 1.89. The molecule has 0 aliphatic rings. The zero-order valence-corrected chi connectivity index (χ0v) is 10.3. The van der Waals surface area contributed by atoms with Crippen molar-refractivity contribution in [2.24, 2.45) is 0 Å². The van der Waals surface area contributed by atoms with Crippen molar-refractivity contribution in [2.75, 3.05) is 5.32 Å². The Morgan fingerprint density at radius 2 is 1.58 bits per heavy atom. The van der Waals surface area contributed by atoms with Crippen molar-refractivity contribution in [3.05, 3.63) is 78.5 Å². The molecule has 92 valence electrons. The van der Waals surface area contributed by atoms with Gasteiger partial charge in [0.05, 0.1) is 0 Å². The summed E-state index contributed by atoms with van der Waals surface area (Å²) in [6, 6.07) is 19.1. The summed E-state index contributed by atoms with van der Waals surface area (Å²) in [7, 11) is 0. The molecule has 2 aromatic carbocycles. The minimum atomic E-state index is -0.229. The Bertz CT molecular complexity index is 619. The van der Waals surface area contributed by atoms with Gasteiger partial charge in [0.2, 0.25) is 5.78 Å². The lowest BCUT2D eigenvalue weighted by atomic mass is 10.2. The van der Waals surface area contributed by atoms with Crippen LogP contribution in [0.15, 0.2) is 72.9 Å². The van der Waals surface area contributed by atoms with Crippen molar-refractivity contribution in [1.29, 1.82) is 0 Å². The molecule has 2 heteroatoms. The van der Waals surface area contributed by atoms with Crippen LogP contribution >= 0.6 is 0 Å². The van der Waals surface area contributed by atoms with Gasteiger partial charge in [-0.15, -0.1) is 0 Å². The van der Waals surface area contributed by atoms with Gasteiger partial charge in [-0.25, -0.2) is 0 Å². The molecule has 2 aromatic rings. The number of allylic oxidation sites excluding steroid dienone is 1. The second kappa shape index (κ2) is 6.83. The van der Waals surface area contributed by atoms with Crippen LogP contribution in [0.5, 0.6) is 0 Å². The highest BCUT2D eigenvalue weighted by atomic mass is 16.1. The second-order valence-corrected chi connectivity index (χ2v) is 3.82. The van der Waals surface area contributed by atoms with Crippen LogP contribution in [0.25, 0.3) is 0 Å². The fourth-order valence-electron chi connectivity index (χ4n) is 1.44. The van der Waals surface area contributed by atoms with E-state index in [0.717, 1.165) is 11.3 Å². The molecular formula is C17H13NO. The van der Waals surface area contributed by atoms with E-state index in [2.05, 4.69) is 17.2 Å². The van der Waals surface area contributed by atoms with E-state index in [9.17, 15) is 4.79 Å². The number of benzene rings is 2. The standard InChI is InChI=1S/C17H13NO/c19-17(12-11-15-7-3-1-4-8-15)13-14-18-16-9-5-2-6-10-16/h1-10,13-14,18H/b14-13+. The van der Waals surface area contributed by atoms with Crippen molar-refractivity contribution in [1.82, 2.24) is 0 Å². The third-order valence-corrected chi connectivity index (χ3v) is 2.36. The molecular weight excluding hydrogens is 234 g/mol. The Morgan fingerprint density at radius 3 is 2.26 bits per heavy atom. The Balaban J connectivity index is 1.90. The topological polar surface area (TPSA) is 29.1 Å². The van der Waals surface area contributed by atoms with Gasteiger partial charge in [0.25, 0.3) is 0 Å². The second-order valence-electron chi connectivity index (χ2n) is 3.82. The van der Waals surface area contributed by atoms with Gasteiger partial charge in [0.15, 0.2) is 0 Å². The molecule has 0 heterocycles. The van der Waals surface area contributed by atoms with Gasteiger partial charge < -0.3 is 5.32 Å². The third-order valence-electron chi connectivity index (χ3n) is 2.36. The number of nitrogens with one attached hydrogen (secondary N) is 1. The number of carbonyl (C=O) groups excluding carboxylic acids is 1. The summed E-state index contributed by atoms with van der Waals surface area (Å²) >= 11 is 0. The van der Waals surface area contributed by atoms with Gasteiger partial charge in [-0.1, -0.05) is 42.3 Å². The van der Waals surface area contributed by atoms with Crippen LogP contribution < -0.4 is 5.32 Å². The van der Waals surface area contributed by atoms with Crippen LogP contribution in [0.4, 0.5) is 5.69 Å². The first-order valence-corrected chi connectivity index (χ1v) is 5.94. The van der Waals surface area contributed by atoms with Gasteiger partial charge in [-0.2, -0.15) is 0 Å². The van der Waals surface area contributed by atoms with Gasteiger partial charge in [0, 0.05) is 23.5 Å². The van der Waals surface area contributed by atoms with Crippen LogP contribution in [-0.2, 0) is 4.79 Å². The van der Waals surface area contributed by atoms with Gasteiger partial charge in [0.1, 0.15) is 0 Å². The predicted octanol–water partition coefficient (Wildman–Crippen LogP) is 3.23. The molecule has 0 spiro atoms. The molecule has 1 N–H and O–H groups in total. The van der Waals surface area contributed by atoms with E-state index in [1.54, 1.807) is 6.20 Å². The van der Waals surface area contributed by atoms with Gasteiger partial charge in [-0.3, -0.25) is 4.79 Å². The van der Waals surface area contributed by atoms with E-state index in [4.69, 9.17) is 0 Å². The van der Waals surface area contributed by atoms with Crippen LogP contribution in [0.2, 0.25) is 0 Å². The molecule has 0 aliphatic carbocycles. The summed E-state index contributed by atoms with van der Waals surface area (Å²) in [6.07, 6.45) is 3.01. The highest BCUT2D eigenvalue weighted by molar-refractivity contribution is 6.04. The molecule has 0 atom stereocenters. The molecule has 0 unspecified atom stereocenters. The summed E-state index contributed by atoms with van der Waals surface area (Å²) in [4.78, 5) is 11.5. The Hall–Kier alpha value is -2.79. The minimum Gasteiger partial charge on any atom is -0.362 e. The van der Waals surface area contributed by atoms with Gasteiger partial charge in [-0.05, 0) is 30.2 Å². The lowest BCUT2D eigenvalue weighted by Crippen LogP contribution is -1.91. The maximum atomic E-state index is 11.5. The molecule has 0 saturated carbocycles. The Kier molecular flexibility index (Phi) is 4.55. The number of anilines is 1. The minimum absolute atomic E-state index is 0.229. The van der Waals surface area contributed by atoms with E-state index < -0.39 is 0 Å². The first-order valence-electron chi connectivity index (χ1n) is 5.94. The fraction of sp³-hybridized carbons (Fsp3) is 0. The summed E-state index contributed by atoms with van der Waals surface area (Å²) in [5.41, 5.74) is 1.77. The van der Waals surface area contributed by atoms with Crippen LogP contribution in [0.1, 0.15) is 5.56 Å². The number of carbonyl (C=O) groups is 1. The molecule has 0 bridgehead atoms. The van der Waals surface area contributed by atoms with Crippen LogP contribution in [0, 0.1) is 11.8 Å². The summed E-state index contributed by atoms with van der Waals surface area (Å²) in [6.45, 7) is 0. The van der Waals surface area contributed by atoms with E-state index in [1.165, 1.54) is 6.08 Å². The Labute approximate surface area is 112 Å². The largest absolute Gasteiger partial charge is 0.362 e. The molecule has 0 amide bonds. The molecule has 0 radical (unpaired) electrons. The third kappa shape index (κ3) is 4.53. The number of ketones is 1. The molecule has 0 aromatic heterocycles. The first kappa shape index (κ1) is 12.7. The molecule has 0 fully saturated rings. The van der Waals surface area contributed by atoms with Gasteiger partial charge >= 0.3 is 0 Å². The van der Waals surface area contributed by atoms with E-state index in [-0.39, 0.29) is 5.78 Å². The number of hydrogen-bond donors (Lipinski definition) is 1. The molecule has 0 aliphatic heterocycles. The van der Waals surface area contributed by atoms with Crippen LogP contribution in [0.3, 0.4) is 0 Å². The molecule has 2 nitrogen and oxygen atoms in total. The average Bonchev–Trinajstić information content (AvgIpc) is 2.47. The zero-order valence-electron chi connectivity index (χ0n) is 10.3. The maximum absolute atomic E-state index is 11.5. The summed E-state index contributed by atoms with van der Waals surface area (Å²) in [5, 5.41) is 3.00. The van der Waals surface area contributed by atoms with Crippen molar-refractivity contribution < 1.29 is 4.79 Å². The number of rotatable bonds is 3. The van der Waals surface area contributed by atoms with Crippen molar-refractivity contribution in [3.63, 3.8) is 0 Å². The number of para-hydroxylation sites is 1. The normalized spacial score (nSPS) is 9.68. The monoisotopic (exact) mass is 247 g/mol. The molecule has 19 heavy (non-hydrogen) atoms. The van der Waals surface area contributed by atoms with Crippen molar-refractivity contribution >= 4 is 11.5 Å². The van der Waals surface area contributed by atoms with Crippen LogP contribution in [-0.4, -0.2) is 5.78 Å². The smallest absolute Gasteiger partial charge is 0.230 e. The summed E-state index contributed by atoms with van der Waals surface area (Å²) < 4.78 is 0. The average molecular weight is 247 g/mol. The maximum Gasteiger partial charge on any atom is 0.230 e. The predicted molar refractivity (Wildman–Crippen MR) is 77.5 cm³/mol. The van der Waals surface area contributed by atoms with Crippen molar-refractivity contribution in [3.8, 4) is 11.8 Å². The summed E-state index contributed by atoms with van der Waals surface area (Å²) in [5.74, 6) is 5.15. The highest BCUT2D eigenvalue weighted by Crippen LogP contribution is 2.04. The zero-order chi connectivity index (χ0) is 13.3. The van der Waals surface area contributed by atoms with Crippen molar-refractivity contribution in [2.45, 2.75) is 0 Å². The molecule has 2 rings (SSSR count). The fourth-order valence-corrected chi connectivity index (χ4v) is 1.44. The van der Waals surface area contributed by atoms with E-state index in [0.29, 0.717) is 0 Å². The Morgan fingerprint density at radius 1 is 0.947 bits per heavy atom. The van der Waals surface area contributed by atoms with E-state index in [1.807, 2.05) is 60.7 Å². The first-order chi connectivity index (χ1) is 9.34.